The summed E-state index contributed by atoms with van der Waals surface area (Å²) in [5, 5.41) is 3.53. The molecular formula is C18H27FN2. The molecule has 21 heavy (non-hydrogen) atoms. The number of benzene rings is 1. The molecule has 0 aromatic heterocycles. The number of fused-ring (bicyclic) bond motifs is 2. The Morgan fingerprint density at radius 2 is 1.95 bits per heavy atom. The van der Waals surface area contributed by atoms with Crippen LogP contribution in [0.4, 0.5) is 4.39 Å². The van der Waals surface area contributed by atoms with Gasteiger partial charge in [-0.15, -0.1) is 0 Å². The van der Waals surface area contributed by atoms with Gasteiger partial charge in [0.2, 0.25) is 0 Å². The summed E-state index contributed by atoms with van der Waals surface area (Å²) in [5.74, 6) is 0.614. The first-order valence-electron chi connectivity index (χ1n) is 8.22. The van der Waals surface area contributed by atoms with E-state index in [0.29, 0.717) is 6.04 Å². The molecule has 2 aliphatic rings. The summed E-state index contributed by atoms with van der Waals surface area (Å²) in [7, 11) is 4.36. The molecule has 3 rings (SSSR count). The molecule has 2 nitrogen and oxygen atoms in total. The first-order chi connectivity index (χ1) is 10.1. The van der Waals surface area contributed by atoms with Crippen molar-refractivity contribution in [1.29, 1.82) is 0 Å². The van der Waals surface area contributed by atoms with E-state index in [4.69, 9.17) is 0 Å². The quantitative estimate of drug-likeness (QED) is 0.916. The van der Waals surface area contributed by atoms with Gasteiger partial charge in [0.15, 0.2) is 0 Å². The first-order valence-corrected chi connectivity index (χ1v) is 8.22. The molecule has 2 bridgehead atoms. The first kappa shape index (κ1) is 15.0. The maximum atomic E-state index is 13.3. The molecule has 0 amide bonds. The number of rotatable bonds is 4. The Labute approximate surface area is 127 Å². The smallest absolute Gasteiger partial charge is 0.123 e. The Hall–Kier alpha value is -0.930. The highest BCUT2D eigenvalue weighted by atomic mass is 19.1. The van der Waals surface area contributed by atoms with Crippen molar-refractivity contribution in [3.8, 4) is 0 Å². The van der Waals surface area contributed by atoms with Gasteiger partial charge in [-0.25, -0.2) is 4.39 Å². The Kier molecular flexibility index (Phi) is 4.32. The van der Waals surface area contributed by atoms with Crippen molar-refractivity contribution in [1.82, 2.24) is 10.2 Å². The van der Waals surface area contributed by atoms with Gasteiger partial charge in [-0.2, -0.15) is 0 Å². The van der Waals surface area contributed by atoms with E-state index in [-0.39, 0.29) is 5.82 Å². The summed E-state index contributed by atoms with van der Waals surface area (Å²) in [6.45, 7) is 2.02. The second-order valence-corrected chi connectivity index (χ2v) is 6.95. The molecule has 3 heteroatoms. The van der Waals surface area contributed by atoms with Crippen molar-refractivity contribution < 1.29 is 4.39 Å². The van der Waals surface area contributed by atoms with Gasteiger partial charge in [0.25, 0.3) is 0 Å². The highest BCUT2D eigenvalue weighted by Crippen LogP contribution is 2.39. The van der Waals surface area contributed by atoms with Gasteiger partial charge < -0.3 is 10.2 Å². The molecule has 0 aliphatic carbocycles. The maximum absolute atomic E-state index is 13.3. The Balaban J connectivity index is 1.71. The zero-order valence-electron chi connectivity index (χ0n) is 13.4. The minimum Gasteiger partial charge on any atom is -0.316 e. The molecule has 2 saturated heterocycles. The molecule has 2 aliphatic heterocycles. The Bertz CT molecular complexity index is 488. The van der Waals surface area contributed by atoms with E-state index in [9.17, 15) is 4.39 Å². The van der Waals surface area contributed by atoms with Crippen LogP contribution in [0.5, 0.6) is 0 Å². The van der Waals surface area contributed by atoms with E-state index in [1.807, 2.05) is 13.0 Å². The van der Waals surface area contributed by atoms with E-state index < -0.39 is 0 Å². The second-order valence-electron chi connectivity index (χ2n) is 6.95. The van der Waals surface area contributed by atoms with Crippen LogP contribution >= 0.6 is 0 Å². The third-order valence-corrected chi connectivity index (χ3v) is 5.82. The normalized spacial score (nSPS) is 30.6. The van der Waals surface area contributed by atoms with Crippen molar-refractivity contribution in [3.63, 3.8) is 0 Å². The van der Waals surface area contributed by atoms with E-state index in [1.165, 1.54) is 31.2 Å². The number of halogens is 1. The fourth-order valence-corrected chi connectivity index (χ4v) is 4.41. The van der Waals surface area contributed by atoms with Crippen LogP contribution in [-0.2, 0) is 6.42 Å². The van der Waals surface area contributed by atoms with Crippen LogP contribution in [0.15, 0.2) is 18.2 Å². The molecule has 2 heterocycles. The fourth-order valence-electron chi connectivity index (χ4n) is 4.41. The summed E-state index contributed by atoms with van der Waals surface area (Å²) >= 11 is 0. The number of nitrogens with one attached hydrogen (secondary N) is 1. The average molecular weight is 290 g/mol. The number of piperidine rings is 1. The van der Waals surface area contributed by atoms with Crippen LogP contribution in [0.2, 0.25) is 0 Å². The fraction of sp³-hybridized carbons (Fsp3) is 0.667. The van der Waals surface area contributed by atoms with Gasteiger partial charge in [-0.3, -0.25) is 0 Å². The lowest BCUT2D eigenvalue weighted by atomic mass is 9.82. The van der Waals surface area contributed by atoms with Gasteiger partial charge in [-0.05, 0) is 82.3 Å². The van der Waals surface area contributed by atoms with Crippen LogP contribution in [-0.4, -0.2) is 37.1 Å². The van der Waals surface area contributed by atoms with Crippen molar-refractivity contribution in [2.45, 2.75) is 57.2 Å². The summed E-state index contributed by atoms with van der Waals surface area (Å²) in [4.78, 5) is 2.59. The molecule has 2 fully saturated rings. The number of hydrogen-bond acceptors (Lipinski definition) is 2. The lowest BCUT2D eigenvalue weighted by Crippen LogP contribution is -2.47. The van der Waals surface area contributed by atoms with E-state index >= 15 is 0 Å². The molecule has 1 aromatic rings. The zero-order chi connectivity index (χ0) is 15.0. The molecule has 0 radical (unpaired) electrons. The lowest BCUT2D eigenvalue weighted by Gasteiger charge is -2.40. The third kappa shape index (κ3) is 3.00. The highest BCUT2D eigenvalue weighted by Gasteiger charge is 2.40. The van der Waals surface area contributed by atoms with Crippen LogP contribution in [0.3, 0.4) is 0 Å². The maximum Gasteiger partial charge on any atom is 0.123 e. The molecular weight excluding hydrogens is 263 g/mol. The summed E-state index contributed by atoms with van der Waals surface area (Å²) in [5.41, 5.74) is 2.35. The molecule has 3 unspecified atom stereocenters. The predicted octanol–water partition coefficient (Wildman–Crippen LogP) is 3.14. The van der Waals surface area contributed by atoms with Gasteiger partial charge in [-0.1, -0.05) is 6.07 Å². The zero-order valence-corrected chi connectivity index (χ0v) is 13.4. The average Bonchev–Trinajstić information content (AvgIpc) is 2.68. The largest absolute Gasteiger partial charge is 0.316 e. The SMILES string of the molecule is CNC(Cc1ccc(F)cc1C)C1CC2CCC(C1)N2C. The van der Waals surface area contributed by atoms with Gasteiger partial charge in [0, 0.05) is 18.1 Å². The molecule has 0 spiro atoms. The van der Waals surface area contributed by atoms with Crippen LogP contribution in [0.25, 0.3) is 0 Å². The van der Waals surface area contributed by atoms with Crippen molar-refractivity contribution in [2.75, 3.05) is 14.1 Å². The summed E-state index contributed by atoms with van der Waals surface area (Å²) in [6, 6.07) is 7.26. The summed E-state index contributed by atoms with van der Waals surface area (Å²) < 4.78 is 13.3. The van der Waals surface area contributed by atoms with E-state index in [2.05, 4.69) is 24.3 Å². The molecule has 0 saturated carbocycles. The lowest BCUT2D eigenvalue weighted by molar-refractivity contribution is 0.114. The third-order valence-electron chi connectivity index (χ3n) is 5.82. The minimum atomic E-state index is -0.130. The topological polar surface area (TPSA) is 15.3 Å². The number of hydrogen-bond donors (Lipinski definition) is 1. The standard InChI is InChI=1S/C18H27FN2/c1-12-8-15(19)5-4-13(12)11-18(20-2)14-9-16-6-7-17(10-14)21(16)3/h4-5,8,14,16-18,20H,6-7,9-11H2,1-3H3. The molecule has 3 atom stereocenters. The van der Waals surface area contributed by atoms with Crippen molar-refractivity contribution in [2.24, 2.45) is 5.92 Å². The van der Waals surface area contributed by atoms with Crippen LogP contribution < -0.4 is 5.32 Å². The van der Waals surface area contributed by atoms with Gasteiger partial charge in [0.05, 0.1) is 0 Å². The van der Waals surface area contributed by atoms with E-state index in [1.54, 1.807) is 12.1 Å². The molecule has 1 aromatic carbocycles. The monoisotopic (exact) mass is 290 g/mol. The van der Waals surface area contributed by atoms with Crippen molar-refractivity contribution >= 4 is 0 Å². The predicted molar refractivity (Wildman–Crippen MR) is 85.0 cm³/mol. The summed E-state index contributed by atoms with van der Waals surface area (Å²) in [6.07, 6.45) is 6.35. The van der Waals surface area contributed by atoms with Gasteiger partial charge >= 0.3 is 0 Å². The number of likely N-dealkylation sites (N-methyl/N-ethyl adjacent to an activating group) is 1. The second kappa shape index (κ2) is 6.05. The Morgan fingerprint density at radius 1 is 1.29 bits per heavy atom. The van der Waals surface area contributed by atoms with Crippen molar-refractivity contribution in [3.05, 3.63) is 35.1 Å². The molecule has 1 N–H and O–H groups in total. The Morgan fingerprint density at radius 3 is 2.52 bits per heavy atom. The highest BCUT2D eigenvalue weighted by molar-refractivity contribution is 5.27. The van der Waals surface area contributed by atoms with Crippen LogP contribution in [0, 0.1) is 18.7 Å². The molecule has 116 valence electrons. The number of nitrogens with zero attached hydrogens (tertiary/aromatic N) is 1. The van der Waals surface area contributed by atoms with Gasteiger partial charge in [0.1, 0.15) is 5.82 Å². The van der Waals surface area contributed by atoms with E-state index in [0.717, 1.165) is 30.0 Å². The minimum absolute atomic E-state index is 0.130. The van der Waals surface area contributed by atoms with Crippen LogP contribution in [0.1, 0.15) is 36.8 Å². The number of aryl methyl sites for hydroxylation is 1.